The minimum Gasteiger partial charge on any atom is -0.478 e. The number of thioether (sulfide) groups is 1. The van der Waals surface area contributed by atoms with Gasteiger partial charge in [-0.1, -0.05) is 0 Å². The lowest BCUT2D eigenvalue weighted by atomic mass is 9.89. The second kappa shape index (κ2) is 14.0. The summed E-state index contributed by atoms with van der Waals surface area (Å²) in [5.41, 5.74) is 0. The molecule has 0 saturated carbocycles. The molecule has 0 bridgehead atoms. The van der Waals surface area contributed by atoms with E-state index in [0.29, 0.717) is 11.8 Å². The third-order valence-corrected chi connectivity index (χ3v) is 7.51. The van der Waals surface area contributed by atoms with Crippen LogP contribution in [0, 0.1) is 0 Å². The van der Waals surface area contributed by atoms with Gasteiger partial charge >= 0.3 is 17.9 Å². The maximum atomic E-state index is 12.5. The smallest absolute Gasteiger partial charge is 0.346 e. The molecule has 2 fully saturated rings. The summed E-state index contributed by atoms with van der Waals surface area (Å²) in [5.74, 6) is -4.20. The van der Waals surface area contributed by atoms with Crippen molar-refractivity contribution in [2.24, 2.45) is 0 Å². The molecule has 2 aliphatic heterocycles. The second-order valence-electron chi connectivity index (χ2n) is 9.14. The van der Waals surface area contributed by atoms with Gasteiger partial charge in [-0.3, -0.25) is 14.4 Å². The zero-order valence-electron chi connectivity index (χ0n) is 21.7. The molecule has 0 aromatic rings. The zero-order chi connectivity index (χ0) is 29.7. The summed E-state index contributed by atoms with van der Waals surface area (Å²) >= 11 is 0.545. The van der Waals surface area contributed by atoms with Crippen molar-refractivity contribution >= 4 is 35.6 Å². The topological polar surface area (TPSA) is 248 Å². The summed E-state index contributed by atoms with van der Waals surface area (Å²) in [4.78, 5) is 44.6. The first kappa shape index (κ1) is 33.1. The van der Waals surface area contributed by atoms with Gasteiger partial charge in [0.25, 0.3) is 0 Å². The summed E-state index contributed by atoms with van der Waals surface area (Å²) in [6, 6.07) is -1.37. The van der Waals surface area contributed by atoms with E-state index in [1.807, 2.05) is 0 Å². The number of rotatable bonds is 11. The van der Waals surface area contributed by atoms with E-state index in [4.69, 9.17) is 18.9 Å². The summed E-state index contributed by atoms with van der Waals surface area (Å²) < 4.78 is 26.1. The minimum absolute atomic E-state index is 0.357. The van der Waals surface area contributed by atoms with Crippen molar-refractivity contribution in [2.75, 3.05) is 19.5 Å². The second-order valence-corrected chi connectivity index (χ2v) is 10.4. The van der Waals surface area contributed by atoms with Gasteiger partial charge in [0.1, 0.15) is 43.2 Å². The fourth-order valence-corrected chi connectivity index (χ4v) is 5.55. The molecule has 0 aromatic heterocycles. The van der Waals surface area contributed by atoms with Crippen molar-refractivity contribution in [3.63, 3.8) is 0 Å². The van der Waals surface area contributed by atoms with E-state index < -0.39 is 103 Å². The molecule has 0 spiro atoms. The Morgan fingerprint density at radius 2 is 1.72 bits per heavy atom. The van der Waals surface area contributed by atoms with Crippen molar-refractivity contribution in [1.82, 2.24) is 5.32 Å². The summed E-state index contributed by atoms with van der Waals surface area (Å²) in [7, 11) is 1.19. The molecule has 17 heteroatoms. The van der Waals surface area contributed by atoms with Crippen LogP contribution in [-0.2, 0) is 42.9 Å². The minimum atomic E-state index is -2.31. The number of aliphatic hydroxyl groups is 5. The molecule has 16 nitrogen and oxygen atoms in total. The Hall–Kier alpha value is -2.09. The number of esters is 2. The molecule has 1 amide bonds. The molecule has 224 valence electrons. The van der Waals surface area contributed by atoms with E-state index in [1.165, 1.54) is 7.11 Å². The van der Waals surface area contributed by atoms with Crippen LogP contribution in [0.2, 0.25) is 0 Å². The van der Waals surface area contributed by atoms with Crippen LogP contribution in [0.25, 0.3) is 0 Å². The molecule has 0 aromatic carbocycles. The van der Waals surface area contributed by atoms with Gasteiger partial charge in [0, 0.05) is 40.1 Å². The summed E-state index contributed by atoms with van der Waals surface area (Å²) in [6.45, 7) is 2.54. The highest BCUT2D eigenvalue weighted by Gasteiger charge is 2.56. The van der Waals surface area contributed by atoms with E-state index in [0.717, 1.165) is 20.8 Å². The van der Waals surface area contributed by atoms with Crippen molar-refractivity contribution < 1.29 is 73.5 Å². The average molecular weight is 586 g/mol. The van der Waals surface area contributed by atoms with Gasteiger partial charge in [-0.05, 0) is 0 Å². The average Bonchev–Trinajstić information content (AvgIpc) is 2.85. The van der Waals surface area contributed by atoms with E-state index >= 15 is 0 Å². The van der Waals surface area contributed by atoms with Crippen LogP contribution in [0.5, 0.6) is 0 Å². The first-order valence-corrected chi connectivity index (χ1v) is 12.8. The first-order chi connectivity index (χ1) is 18.1. The molecule has 2 aliphatic rings. The van der Waals surface area contributed by atoms with Crippen molar-refractivity contribution in [1.29, 1.82) is 0 Å². The molecule has 11 atom stereocenters. The van der Waals surface area contributed by atoms with Crippen molar-refractivity contribution in [2.45, 2.75) is 93.3 Å². The van der Waals surface area contributed by atoms with E-state index in [9.17, 15) is 49.8 Å². The van der Waals surface area contributed by atoms with Crippen molar-refractivity contribution in [3.8, 4) is 0 Å². The number of methoxy groups -OCH3 is 1. The normalized spacial score (nSPS) is 36.3. The molecule has 2 saturated heterocycles. The number of carboxylic acid groups (broad SMARTS) is 1. The lowest BCUT2D eigenvalue weighted by Crippen LogP contribution is -2.66. The standard InChI is InChI=1S/C22H35NO15S/c1-8(24)23-14-11(27)5-22(21(32)33,38-19(14)15(29)12(28)6-35-9(2)25)39-7-13-18(36-10(3)26)16(30)17(31)20(34-4)37-13/h11-20,27-31H,5-7H2,1-4H3,(H,23,24)(H,32,33)/t11-,12+,13+,14+,15+,16+,17+,18-,19+,20?,22-/m0/s1. The SMILES string of the molecule is COC1O[C@H](CS[C@]2(C(=O)O)C[C@H](O)[C@@H](NC(C)=O)[C@H]([C@H](O)[C@H](O)COC(C)=O)O2)[C@H](OC(C)=O)[C@H](O)[C@H]1O. The lowest BCUT2D eigenvalue weighted by Gasteiger charge is -2.47. The summed E-state index contributed by atoms with van der Waals surface area (Å²) in [6.07, 6.45) is -14.9. The molecule has 0 radical (unpaired) electrons. The summed E-state index contributed by atoms with van der Waals surface area (Å²) in [5, 5.41) is 65.1. The Labute approximate surface area is 227 Å². The van der Waals surface area contributed by atoms with Crippen LogP contribution in [0.15, 0.2) is 0 Å². The van der Waals surface area contributed by atoms with Gasteiger partial charge in [-0.15, -0.1) is 11.8 Å². The number of aliphatic hydroxyl groups excluding tert-OH is 5. The third kappa shape index (κ3) is 8.21. The van der Waals surface area contributed by atoms with Crippen LogP contribution in [0.4, 0.5) is 0 Å². The first-order valence-electron chi connectivity index (χ1n) is 11.8. The molecular weight excluding hydrogens is 550 g/mol. The van der Waals surface area contributed by atoms with E-state index in [-0.39, 0.29) is 5.75 Å². The monoisotopic (exact) mass is 585 g/mol. The predicted molar refractivity (Wildman–Crippen MR) is 128 cm³/mol. The van der Waals surface area contributed by atoms with Crippen LogP contribution < -0.4 is 5.32 Å². The maximum Gasteiger partial charge on any atom is 0.346 e. The van der Waals surface area contributed by atoms with Gasteiger partial charge in [0.2, 0.25) is 10.8 Å². The van der Waals surface area contributed by atoms with Gasteiger partial charge < -0.3 is 59.6 Å². The number of nitrogens with one attached hydrogen (secondary N) is 1. The number of amides is 1. The fraction of sp³-hybridized carbons (Fsp3) is 0.818. The Morgan fingerprint density at radius 1 is 1.08 bits per heavy atom. The van der Waals surface area contributed by atoms with Crippen LogP contribution in [0.1, 0.15) is 27.2 Å². The molecule has 39 heavy (non-hydrogen) atoms. The van der Waals surface area contributed by atoms with E-state index in [2.05, 4.69) is 10.1 Å². The number of carbonyl (C=O) groups excluding carboxylic acids is 3. The third-order valence-electron chi connectivity index (χ3n) is 6.11. The zero-order valence-corrected chi connectivity index (χ0v) is 22.5. The largest absolute Gasteiger partial charge is 0.478 e. The molecule has 2 heterocycles. The Bertz CT molecular complexity index is 892. The number of carboxylic acids is 1. The number of hydrogen-bond donors (Lipinski definition) is 7. The highest BCUT2D eigenvalue weighted by Crippen LogP contribution is 2.42. The molecular formula is C22H35NO15S. The molecule has 2 rings (SSSR count). The van der Waals surface area contributed by atoms with Gasteiger partial charge in [0.15, 0.2) is 12.4 Å². The molecule has 7 N–H and O–H groups in total. The van der Waals surface area contributed by atoms with Crippen LogP contribution in [0.3, 0.4) is 0 Å². The molecule has 1 unspecified atom stereocenters. The molecule has 0 aliphatic carbocycles. The fourth-order valence-electron chi connectivity index (χ4n) is 4.26. The number of carbonyl (C=O) groups is 4. The van der Waals surface area contributed by atoms with E-state index in [1.54, 1.807) is 0 Å². The van der Waals surface area contributed by atoms with Gasteiger partial charge in [-0.2, -0.15) is 0 Å². The Balaban J connectivity index is 2.35. The Kier molecular flexibility index (Phi) is 11.9. The quantitative estimate of drug-likeness (QED) is 0.116. The van der Waals surface area contributed by atoms with Crippen LogP contribution in [-0.4, -0.2) is 140 Å². The Morgan fingerprint density at radius 3 is 2.23 bits per heavy atom. The number of hydrogen-bond acceptors (Lipinski definition) is 15. The highest BCUT2D eigenvalue weighted by atomic mass is 32.2. The van der Waals surface area contributed by atoms with Crippen molar-refractivity contribution in [3.05, 3.63) is 0 Å². The number of ether oxygens (including phenoxy) is 5. The van der Waals surface area contributed by atoms with Gasteiger partial charge in [0.05, 0.1) is 12.1 Å². The van der Waals surface area contributed by atoms with Gasteiger partial charge in [-0.25, -0.2) is 4.79 Å². The highest BCUT2D eigenvalue weighted by molar-refractivity contribution is 8.01. The van der Waals surface area contributed by atoms with Crippen LogP contribution >= 0.6 is 11.8 Å². The lowest BCUT2D eigenvalue weighted by molar-refractivity contribution is -0.287. The maximum absolute atomic E-state index is 12.5. The number of aliphatic carboxylic acids is 1. The predicted octanol–water partition coefficient (Wildman–Crippen LogP) is -3.54.